The maximum Gasteiger partial charge on any atom is 0.341 e. The summed E-state index contributed by atoms with van der Waals surface area (Å²) >= 11 is 1.08. The molecule has 0 saturated carbocycles. The zero-order valence-corrected chi connectivity index (χ0v) is 12.8. The van der Waals surface area contributed by atoms with E-state index in [0.29, 0.717) is 11.4 Å². The number of carboxylic acids is 2. The largest absolute Gasteiger partial charge is 0.479 e. The number of nitrogens with zero attached hydrogens (tertiary/aromatic N) is 1. The number of thiophene rings is 1. The molecule has 0 saturated heterocycles. The molecule has 0 atom stereocenters. The van der Waals surface area contributed by atoms with Gasteiger partial charge in [0, 0.05) is 24.5 Å². The maximum atomic E-state index is 12.4. The molecule has 0 fully saturated rings. The Labute approximate surface area is 133 Å². The van der Waals surface area contributed by atoms with Crippen LogP contribution in [0.1, 0.15) is 22.8 Å². The monoisotopic (exact) mass is 339 g/mol. The van der Waals surface area contributed by atoms with Crippen molar-refractivity contribution >= 4 is 44.7 Å². The Kier molecular flexibility index (Phi) is 4.77. The fraction of sp³-hybridized carbons (Fsp3) is 0.231. The van der Waals surface area contributed by atoms with E-state index in [2.05, 4.69) is 5.48 Å². The van der Waals surface area contributed by atoms with Crippen LogP contribution in [0.4, 0.5) is 5.00 Å². The average molecular weight is 339 g/mol. The van der Waals surface area contributed by atoms with Crippen molar-refractivity contribution in [2.24, 2.45) is 0 Å². The number of fused-ring (bicyclic) bond motifs is 1. The second-order valence-corrected chi connectivity index (χ2v) is 5.42. The zero-order valence-electron chi connectivity index (χ0n) is 12.0. The van der Waals surface area contributed by atoms with Crippen molar-refractivity contribution in [3.05, 3.63) is 27.5 Å². The van der Waals surface area contributed by atoms with Gasteiger partial charge in [0.05, 0.1) is 5.39 Å². The minimum absolute atomic E-state index is 0.0909. The van der Waals surface area contributed by atoms with E-state index in [0.717, 1.165) is 17.6 Å². The Morgan fingerprint density at radius 2 is 2.17 bits per heavy atom. The Morgan fingerprint density at radius 1 is 1.48 bits per heavy atom. The van der Waals surface area contributed by atoms with Crippen LogP contribution in [0.3, 0.4) is 0 Å². The summed E-state index contributed by atoms with van der Waals surface area (Å²) in [4.78, 5) is 39.3. The third-order valence-electron chi connectivity index (χ3n) is 3.02. The first-order valence-corrected chi connectivity index (χ1v) is 7.25. The van der Waals surface area contributed by atoms with E-state index >= 15 is 0 Å². The summed E-state index contributed by atoms with van der Waals surface area (Å²) in [7, 11) is 0. The number of carboxylic acid groups (broad SMARTS) is 2. The lowest BCUT2D eigenvalue weighted by Gasteiger charge is -2.06. The van der Waals surface area contributed by atoms with Gasteiger partial charge in [-0.25, -0.2) is 9.59 Å². The summed E-state index contributed by atoms with van der Waals surface area (Å²) in [5.74, 6) is -2.53. The normalized spacial score (nSPS) is 10.7. The van der Waals surface area contributed by atoms with Crippen molar-refractivity contribution < 1.29 is 24.6 Å². The fourth-order valence-electron chi connectivity index (χ4n) is 2.02. The molecule has 2 aromatic rings. The minimum Gasteiger partial charge on any atom is -0.479 e. The van der Waals surface area contributed by atoms with Gasteiger partial charge < -0.3 is 20.2 Å². The summed E-state index contributed by atoms with van der Waals surface area (Å²) in [5, 5.41) is 25.5. The Balaban J connectivity index is 2.66. The number of hydrogen-bond acceptors (Lipinski definition) is 7. The van der Waals surface area contributed by atoms with E-state index < -0.39 is 29.5 Å². The van der Waals surface area contributed by atoms with Gasteiger partial charge in [0.25, 0.3) is 0 Å². The van der Waals surface area contributed by atoms with Crippen molar-refractivity contribution in [2.45, 2.75) is 13.5 Å². The Hall–Kier alpha value is -2.72. The van der Waals surface area contributed by atoms with Crippen LogP contribution < -0.4 is 10.9 Å². The molecule has 4 N–H and O–H groups in total. The van der Waals surface area contributed by atoms with Crippen molar-refractivity contribution in [3.63, 3.8) is 0 Å². The molecule has 0 spiro atoms. The molecule has 23 heavy (non-hydrogen) atoms. The highest BCUT2D eigenvalue weighted by Crippen LogP contribution is 2.33. The van der Waals surface area contributed by atoms with Crippen LogP contribution in [0.15, 0.2) is 11.0 Å². The van der Waals surface area contributed by atoms with Gasteiger partial charge in [0.15, 0.2) is 6.61 Å². The molecule has 2 heterocycles. The molecule has 2 rings (SSSR count). The smallest absolute Gasteiger partial charge is 0.341 e. The van der Waals surface area contributed by atoms with Crippen LogP contribution in [0.25, 0.3) is 10.2 Å². The number of carbonyl (C=O) groups is 2. The van der Waals surface area contributed by atoms with Gasteiger partial charge in [-0.05, 0) is 6.92 Å². The number of aromatic nitrogens is 1. The first-order valence-electron chi connectivity index (χ1n) is 6.44. The lowest BCUT2D eigenvalue weighted by molar-refractivity contribution is -0.141. The van der Waals surface area contributed by atoms with Gasteiger partial charge in [-0.3, -0.25) is 15.1 Å². The highest BCUT2D eigenvalue weighted by molar-refractivity contribution is 7.23. The molecule has 0 aromatic carbocycles. The summed E-state index contributed by atoms with van der Waals surface area (Å²) in [6.45, 7) is 1.60. The summed E-state index contributed by atoms with van der Waals surface area (Å²) in [5.41, 5.74) is 1.47. The number of anilines is 1. The first-order chi connectivity index (χ1) is 10.9. The van der Waals surface area contributed by atoms with Gasteiger partial charge >= 0.3 is 11.9 Å². The lowest BCUT2D eigenvalue weighted by atomic mass is 10.1. The van der Waals surface area contributed by atoms with Crippen LogP contribution in [0, 0.1) is 5.41 Å². The van der Waals surface area contributed by atoms with E-state index in [1.165, 1.54) is 6.20 Å². The van der Waals surface area contributed by atoms with Crippen LogP contribution >= 0.6 is 11.3 Å². The molecule has 0 aliphatic carbocycles. The van der Waals surface area contributed by atoms with E-state index in [1.54, 1.807) is 11.5 Å². The number of aryl methyl sites for hydroxylation is 1. The number of nitrogens with one attached hydrogen (secondary N) is 2. The van der Waals surface area contributed by atoms with Gasteiger partial charge in [-0.2, -0.15) is 0 Å². The molecule has 0 aliphatic rings. The number of aromatic carboxylic acids is 1. The van der Waals surface area contributed by atoms with Crippen molar-refractivity contribution in [3.8, 4) is 0 Å². The number of pyridine rings is 1. The standard InChI is InChI=1S/C13H13N3O6S/c1-2-16-4-7(13(20)21)10(19)9-6(3-14)11(23-12(9)16)15-22-5-8(17)18/h3-4,14-15H,2,5H2,1H3,(H,17,18)(H,20,21). The van der Waals surface area contributed by atoms with Gasteiger partial charge in [-0.1, -0.05) is 11.3 Å². The minimum atomic E-state index is -1.35. The molecule has 2 aromatic heterocycles. The van der Waals surface area contributed by atoms with E-state index in [-0.39, 0.29) is 16.0 Å². The van der Waals surface area contributed by atoms with Crippen LogP contribution in [-0.2, 0) is 16.2 Å². The van der Waals surface area contributed by atoms with E-state index in [9.17, 15) is 14.4 Å². The number of hydrogen-bond donors (Lipinski definition) is 4. The second-order valence-electron chi connectivity index (χ2n) is 4.42. The summed E-state index contributed by atoms with van der Waals surface area (Å²) < 4.78 is 1.58. The number of aliphatic carboxylic acids is 1. The predicted octanol–water partition coefficient (Wildman–Crippen LogP) is 1.21. The molecular weight excluding hydrogens is 326 g/mol. The topological polar surface area (TPSA) is 142 Å². The Morgan fingerprint density at radius 3 is 2.70 bits per heavy atom. The first kappa shape index (κ1) is 16.6. The number of rotatable bonds is 7. The van der Waals surface area contributed by atoms with Crippen LogP contribution in [0.5, 0.6) is 0 Å². The zero-order chi connectivity index (χ0) is 17.1. The second kappa shape index (κ2) is 6.58. The summed E-state index contributed by atoms with van der Waals surface area (Å²) in [6.07, 6.45) is 2.15. The van der Waals surface area contributed by atoms with Crippen LogP contribution in [-0.4, -0.2) is 39.5 Å². The molecule has 0 bridgehead atoms. The van der Waals surface area contributed by atoms with E-state index in [1.807, 2.05) is 0 Å². The molecular formula is C13H13N3O6S. The maximum absolute atomic E-state index is 12.4. The van der Waals surface area contributed by atoms with E-state index in [4.69, 9.17) is 20.5 Å². The predicted molar refractivity (Wildman–Crippen MR) is 83.8 cm³/mol. The van der Waals surface area contributed by atoms with Crippen LogP contribution in [0.2, 0.25) is 0 Å². The fourth-order valence-corrected chi connectivity index (χ4v) is 3.19. The van der Waals surface area contributed by atoms with Gasteiger partial charge in [0.1, 0.15) is 15.4 Å². The molecule has 122 valence electrons. The SMILES string of the molecule is CCn1cc(C(=O)O)c(=O)c2c(C=N)c(NOCC(=O)O)sc21. The lowest BCUT2D eigenvalue weighted by Crippen LogP contribution is -2.18. The van der Waals surface area contributed by atoms with Gasteiger partial charge in [0.2, 0.25) is 5.43 Å². The molecule has 0 aliphatic heterocycles. The summed E-state index contributed by atoms with van der Waals surface area (Å²) in [6, 6.07) is 0. The molecule has 9 nitrogen and oxygen atoms in total. The highest BCUT2D eigenvalue weighted by Gasteiger charge is 2.21. The molecule has 0 unspecified atom stereocenters. The third kappa shape index (κ3) is 3.07. The molecule has 0 amide bonds. The molecule has 0 radical (unpaired) electrons. The molecule has 10 heteroatoms. The Bertz CT molecular complexity index is 853. The van der Waals surface area contributed by atoms with Gasteiger partial charge in [-0.15, -0.1) is 0 Å². The highest BCUT2D eigenvalue weighted by atomic mass is 32.1. The van der Waals surface area contributed by atoms with Crippen molar-refractivity contribution in [1.29, 1.82) is 5.41 Å². The van der Waals surface area contributed by atoms with Crippen molar-refractivity contribution in [2.75, 3.05) is 12.1 Å². The average Bonchev–Trinajstić information content (AvgIpc) is 2.86. The quantitative estimate of drug-likeness (QED) is 0.438. The van der Waals surface area contributed by atoms with Crippen molar-refractivity contribution in [1.82, 2.24) is 4.57 Å². The third-order valence-corrected chi connectivity index (χ3v) is 4.16.